The van der Waals surface area contributed by atoms with Gasteiger partial charge in [0.05, 0.1) is 5.54 Å². The maximum Gasteiger partial charge on any atom is 0.406 e. The lowest BCUT2D eigenvalue weighted by molar-refractivity contribution is -0.163. The number of halogens is 3. The van der Waals surface area contributed by atoms with E-state index < -0.39 is 24.2 Å². The van der Waals surface area contributed by atoms with Crippen LogP contribution in [0.1, 0.15) is 25.7 Å². The summed E-state index contributed by atoms with van der Waals surface area (Å²) in [5.41, 5.74) is 4.62. The number of carbonyl (C=O) groups is 1. The summed E-state index contributed by atoms with van der Waals surface area (Å²) in [6.45, 7) is -1.16. The molecule has 86 valence electrons. The van der Waals surface area contributed by atoms with Gasteiger partial charge in [0.1, 0.15) is 6.54 Å². The van der Waals surface area contributed by atoms with Gasteiger partial charge < -0.3 is 10.6 Å². The molecule has 2 saturated carbocycles. The molecule has 0 unspecified atom stereocenters. The smallest absolute Gasteiger partial charge is 0.329 e. The number of alkyl halides is 3. The van der Waals surface area contributed by atoms with E-state index in [-0.39, 0.29) is 6.04 Å². The largest absolute Gasteiger partial charge is 0.406 e. The highest BCUT2D eigenvalue weighted by molar-refractivity contribution is 5.89. The summed E-state index contributed by atoms with van der Waals surface area (Å²) >= 11 is 0. The third-order valence-electron chi connectivity index (χ3n) is 2.81. The molecule has 2 aliphatic carbocycles. The topological polar surface area (TPSA) is 46.3 Å². The van der Waals surface area contributed by atoms with Crippen molar-refractivity contribution < 1.29 is 18.0 Å². The van der Waals surface area contributed by atoms with E-state index in [1.165, 1.54) is 0 Å². The molecule has 6 heteroatoms. The van der Waals surface area contributed by atoms with E-state index in [2.05, 4.69) is 0 Å². The monoisotopic (exact) mass is 222 g/mol. The fourth-order valence-corrected chi connectivity index (χ4v) is 1.58. The average molecular weight is 222 g/mol. The number of rotatable bonds is 3. The van der Waals surface area contributed by atoms with Gasteiger partial charge in [-0.1, -0.05) is 0 Å². The normalized spacial score (nSPS) is 23.7. The van der Waals surface area contributed by atoms with E-state index in [1.807, 2.05) is 0 Å². The van der Waals surface area contributed by atoms with Crippen LogP contribution >= 0.6 is 0 Å². The molecule has 15 heavy (non-hydrogen) atoms. The molecule has 2 fully saturated rings. The lowest BCUT2D eigenvalue weighted by Crippen LogP contribution is -2.50. The number of hydrogen-bond donors (Lipinski definition) is 1. The second kappa shape index (κ2) is 3.10. The van der Waals surface area contributed by atoms with Gasteiger partial charge in [-0.3, -0.25) is 4.79 Å². The van der Waals surface area contributed by atoms with Gasteiger partial charge in [0.2, 0.25) is 5.91 Å². The van der Waals surface area contributed by atoms with Crippen molar-refractivity contribution in [1.82, 2.24) is 4.90 Å². The van der Waals surface area contributed by atoms with Crippen LogP contribution in [0.25, 0.3) is 0 Å². The molecule has 2 N–H and O–H groups in total. The summed E-state index contributed by atoms with van der Waals surface area (Å²) in [7, 11) is 0. The molecule has 0 aromatic heterocycles. The summed E-state index contributed by atoms with van der Waals surface area (Å²) in [6.07, 6.45) is -1.99. The molecule has 0 spiro atoms. The maximum atomic E-state index is 12.2. The predicted molar refractivity (Wildman–Crippen MR) is 46.9 cm³/mol. The first kappa shape index (κ1) is 10.7. The zero-order valence-corrected chi connectivity index (χ0v) is 8.18. The third-order valence-corrected chi connectivity index (χ3v) is 2.81. The zero-order chi connectivity index (χ0) is 11.3. The fourth-order valence-electron chi connectivity index (χ4n) is 1.58. The van der Waals surface area contributed by atoms with E-state index in [4.69, 9.17) is 5.73 Å². The first-order valence-corrected chi connectivity index (χ1v) is 4.98. The minimum atomic E-state index is -4.33. The summed E-state index contributed by atoms with van der Waals surface area (Å²) in [4.78, 5) is 12.6. The molecule has 0 heterocycles. The highest BCUT2D eigenvalue weighted by Gasteiger charge is 2.52. The van der Waals surface area contributed by atoms with Crippen molar-refractivity contribution in [3.8, 4) is 0 Å². The van der Waals surface area contributed by atoms with Crippen molar-refractivity contribution in [2.75, 3.05) is 6.54 Å². The van der Waals surface area contributed by atoms with Crippen LogP contribution in [0.15, 0.2) is 0 Å². The Kier molecular flexibility index (Phi) is 2.22. The molecule has 2 aliphatic rings. The molecule has 1 amide bonds. The number of hydrogen-bond acceptors (Lipinski definition) is 2. The van der Waals surface area contributed by atoms with Crippen LogP contribution in [-0.2, 0) is 4.79 Å². The van der Waals surface area contributed by atoms with Gasteiger partial charge >= 0.3 is 6.18 Å². The third kappa shape index (κ3) is 2.42. The van der Waals surface area contributed by atoms with Crippen molar-refractivity contribution in [3.05, 3.63) is 0 Å². The van der Waals surface area contributed by atoms with Crippen LogP contribution in [0, 0.1) is 0 Å². The van der Waals surface area contributed by atoms with Gasteiger partial charge in [0, 0.05) is 6.04 Å². The van der Waals surface area contributed by atoms with Crippen LogP contribution in [0.5, 0.6) is 0 Å². The minimum Gasteiger partial charge on any atom is -0.329 e. The Morgan fingerprint density at radius 1 is 1.40 bits per heavy atom. The zero-order valence-electron chi connectivity index (χ0n) is 8.18. The minimum absolute atomic E-state index is 0.236. The predicted octanol–water partition coefficient (Wildman–Crippen LogP) is 1.03. The van der Waals surface area contributed by atoms with Crippen molar-refractivity contribution >= 4 is 5.91 Å². The van der Waals surface area contributed by atoms with Crippen LogP contribution < -0.4 is 5.73 Å². The molecule has 0 saturated heterocycles. The van der Waals surface area contributed by atoms with E-state index in [9.17, 15) is 18.0 Å². The molecular formula is C9H13F3N2O. The van der Waals surface area contributed by atoms with Gasteiger partial charge in [-0.2, -0.15) is 13.2 Å². The Hall–Kier alpha value is -0.780. The van der Waals surface area contributed by atoms with Gasteiger partial charge in [-0.15, -0.1) is 0 Å². The van der Waals surface area contributed by atoms with E-state index >= 15 is 0 Å². The second-order valence-electron chi connectivity index (χ2n) is 4.44. The summed E-state index contributed by atoms with van der Waals surface area (Å²) < 4.78 is 36.7. The Bertz CT molecular complexity index is 282. The van der Waals surface area contributed by atoms with Crippen molar-refractivity contribution in [3.63, 3.8) is 0 Å². The number of carbonyl (C=O) groups excluding carboxylic acids is 1. The summed E-state index contributed by atoms with van der Waals surface area (Å²) in [5, 5.41) is 0. The second-order valence-corrected chi connectivity index (χ2v) is 4.44. The number of nitrogens with zero attached hydrogens (tertiary/aromatic N) is 1. The first-order valence-electron chi connectivity index (χ1n) is 4.98. The fraction of sp³-hybridized carbons (Fsp3) is 0.889. The molecule has 0 radical (unpaired) electrons. The van der Waals surface area contributed by atoms with Crippen LogP contribution in [0.2, 0.25) is 0 Å². The Labute approximate surface area is 85.4 Å². The molecule has 2 rings (SSSR count). The molecule has 0 bridgehead atoms. The van der Waals surface area contributed by atoms with Gasteiger partial charge in [0.15, 0.2) is 0 Å². The Morgan fingerprint density at radius 3 is 2.27 bits per heavy atom. The van der Waals surface area contributed by atoms with Crippen LogP contribution in [-0.4, -0.2) is 35.1 Å². The molecular weight excluding hydrogens is 209 g/mol. The standard InChI is InChI=1S/C9H13F3N2O/c10-9(11,12)5-14(6-1-2-6)7(15)8(13)3-4-8/h6H,1-5,13H2. The van der Waals surface area contributed by atoms with Crippen LogP contribution in [0.3, 0.4) is 0 Å². The van der Waals surface area contributed by atoms with E-state index in [0.29, 0.717) is 25.7 Å². The lowest BCUT2D eigenvalue weighted by atomic mass is 10.2. The molecule has 0 aromatic carbocycles. The van der Waals surface area contributed by atoms with Gasteiger partial charge in [-0.25, -0.2) is 0 Å². The molecule has 0 aliphatic heterocycles. The van der Waals surface area contributed by atoms with Crippen LogP contribution in [0.4, 0.5) is 13.2 Å². The van der Waals surface area contributed by atoms with Gasteiger partial charge in [-0.05, 0) is 25.7 Å². The van der Waals surface area contributed by atoms with E-state index in [0.717, 1.165) is 4.90 Å². The average Bonchev–Trinajstić information content (AvgIpc) is 2.91. The maximum absolute atomic E-state index is 12.2. The molecule has 0 aromatic rings. The SMILES string of the molecule is NC1(C(=O)N(CC(F)(F)F)C2CC2)CC1. The highest BCUT2D eigenvalue weighted by atomic mass is 19.4. The van der Waals surface area contributed by atoms with Crippen molar-refractivity contribution in [2.24, 2.45) is 5.73 Å². The van der Waals surface area contributed by atoms with E-state index in [1.54, 1.807) is 0 Å². The summed E-state index contributed by atoms with van der Waals surface area (Å²) in [5.74, 6) is -0.526. The highest BCUT2D eigenvalue weighted by Crippen LogP contribution is 2.39. The molecule has 3 nitrogen and oxygen atoms in total. The lowest BCUT2D eigenvalue weighted by Gasteiger charge is -2.26. The van der Waals surface area contributed by atoms with Crippen molar-refractivity contribution in [1.29, 1.82) is 0 Å². The van der Waals surface area contributed by atoms with Gasteiger partial charge in [0.25, 0.3) is 0 Å². The quantitative estimate of drug-likeness (QED) is 0.775. The Balaban J connectivity index is 2.03. The van der Waals surface area contributed by atoms with Crippen molar-refractivity contribution in [2.45, 2.75) is 43.4 Å². The Morgan fingerprint density at radius 2 is 1.93 bits per heavy atom. The molecule has 0 atom stereocenters. The first-order chi connectivity index (χ1) is 6.82. The number of nitrogens with two attached hydrogens (primary N) is 1. The summed E-state index contributed by atoms with van der Waals surface area (Å²) in [6, 6.07) is -0.236. The number of amides is 1.